The summed E-state index contributed by atoms with van der Waals surface area (Å²) >= 11 is 2.07. The van der Waals surface area contributed by atoms with Crippen LogP contribution in [-0.2, 0) is 11.3 Å². The Morgan fingerprint density at radius 3 is 2.95 bits per heavy atom. The second kappa shape index (κ2) is 7.48. The first-order valence-corrected chi connectivity index (χ1v) is 8.65. The van der Waals surface area contributed by atoms with E-state index < -0.39 is 0 Å². The molecular formula is C15H27N3OS. The van der Waals surface area contributed by atoms with Crippen LogP contribution < -0.4 is 5.32 Å². The first-order chi connectivity index (χ1) is 9.63. The number of hydrogen-bond donors (Lipinski definition) is 1. The summed E-state index contributed by atoms with van der Waals surface area (Å²) in [5.74, 6) is 2.56. The molecule has 1 aliphatic heterocycles. The summed E-state index contributed by atoms with van der Waals surface area (Å²) in [5, 5.41) is 8.43. The average Bonchev–Trinajstić information content (AvgIpc) is 2.72. The number of methoxy groups -OCH3 is 1. The van der Waals surface area contributed by atoms with Crippen molar-refractivity contribution in [3.8, 4) is 0 Å². The van der Waals surface area contributed by atoms with Gasteiger partial charge in [0.05, 0.1) is 18.8 Å². The van der Waals surface area contributed by atoms with Crippen molar-refractivity contribution in [3.05, 3.63) is 17.0 Å². The van der Waals surface area contributed by atoms with Gasteiger partial charge in [-0.25, -0.2) is 0 Å². The third-order valence-electron chi connectivity index (χ3n) is 4.02. The van der Waals surface area contributed by atoms with Crippen LogP contribution in [0.5, 0.6) is 0 Å². The molecule has 1 N–H and O–H groups in total. The number of rotatable bonds is 6. The van der Waals surface area contributed by atoms with E-state index in [4.69, 9.17) is 4.74 Å². The van der Waals surface area contributed by atoms with Gasteiger partial charge in [-0.05, 0) is 39.4 Å². The summed E-state index contributed by atoms with van der Waals surface area (Å²) < 4.78 is 7.22. The van der Waals surface area contributed by atoms with E-state index in [1.165, 1.54) is 35.6 Å². The topological polar surface area (TPSA) is 39.1 Å². The predicted octanol–water partition coefficient (Wildman–Crippen LogP) is 2.69. The lowest BCUT2D eigenvalue weighted by Gasteiger charge is -2.26. The van der Waals surface area contributed by atoms with Gasteiger partial charge in [0.1, 0.15) is 0 Å². The molecule has 0 spiro atoms. The Kier molecular flexibility index (Phi) is 5.93. The highest BCUT2D eigenvalue weighted by Crippen LogP contribution is 2.24. The third-order valence-corrected chi connectivity index (χ3v) is 5.24. The molecule has 1 aliphatic rings. The second-order valence-electron chi connectivity index (χ2n) is 5.60. The molecule has 4 nitrogen and oxygen atoms in total. The van der Waals surface area contributed by atoms with Gasteiger partial charge in [0.25, 0.3) is 0 Å². The molecule has 2 atom stereocenters. The van der Waals surface area contributed by atoms with Gasteiger partial charge in [-0.2, -0.15) is 16.9 Å². The lowest BCUT2D eigenvalue weighted by Crippen LogP contribution is -2.36. The lowest BCUT2D eigenvalue weighted by atomic mass is 10.0. The molecule has 0 aromatic carbocycles. The van der Waals surface area contributed by atoms with Crippen molar-refractivity contribution >= 4 is 11.8 Å². The van der Waals surface area contributed by atoms with Crippen LogP contribution in [-0.4, -0.2) is 41.0 Å². The first kappa shape index (κ1) is 15.9. The van der Waals surface area contributed by atoms with Crippen LogP contribution in [0.2, 0.25) is 0 Å². The molecule has 0 unspecified atom stereocenters. The molecule has 114 valence electrons. The molecule has 20 heavy (non-hydrogen) atoms. The van der Waals surface area contributed by atoms with E-state index in [1.54, 1.807) is 7.11 Å². The van der Waals surface area contributed by atoms with Gasteiger partial charge in [-0.15, -0.1) is 0 Å². The summed E-state index contributed by atoms with van der Waals surface area (Å²) in [5.41, 5.74) is 3.77. The van der Waals surface area contributed by atoms with Gasteiger partial charge in [0.15, 0.2) is 0 Å². The number of aryl methyl sites for hydroxylation is 1. The van der Waals surface area contributed by atoms with Gasteiger partial charge in [-0.3, -0.25) is 4.68 Å². The van der Waals surface area contributed by atoms with E-state index in [0.29, 0.717) is 18.7 Å². The Bertz CT molecular complexity index is 427. The molecule has 1 aromatic heterocycles. The Morgan fingerprint density at radius 2 is 2.30 bits per heavy atom. The highest BCUT2D eigenvalue weighted by atomic mass is 32.2. The van der Waals surface area contributed by atoms with Gasteiger partial charge < -0.3 is 10.1 Å². The molecular weight excluding hydrogens is 270 g/mol. The molecule has 0 bridgehead atoms. The van der Waals surface area contributed by atoms with Crippen LogP contribution >= 0.6 is 11.8 Å². The SMILES string of the molecule is COCCn1nc(C)c([C@@H](C)N[C@@H]2CCCSC2)c1C. The zero-order valence-corrected chi connectivity index (χ0v) is 13.9. The summed E-state index contributed by atoms with van der Waals surface area (Å²) in [4.78, 5) is 0. The zero-order valence-electron chi connectivity index (χ0n) is 13.1. The van der Waals surface area contributed by atoms with Crippen LogP contribution in [0.25, 0.3) is 0 Å². The van der Waals surface area contributed by atoms with Crippen LogP contribution in [0.3, 0.4) is 0 Å². The molecule has 1 aromatic rings. The quantitative estimate of drug-likeness (QED) is 0.876. The van der Waals surface area contributed by atoms with Crippen molar-refractivity contribution in [3.63, 3.8) is 0 Å². The fourth-order valence-electron chi connectivity index (χ4n) is 3.04. The number of nitrogens with one attached hydrogen (secondary N) is 1. The fraction of sp³-hybridized carbons (Fsp3) is 0.800. The fourth-order valence-corrected chi connectivity index (χ4v) is 4.13. The van der Waals surface area contributed by atoms with E-state index in [1.807, 2.05) is 0 Å². The van der Waals surface area contributed by atoms with Crippen molar-refractivity contribution < 1.29 is 4.74 Å². The Morgan fingerprint density at radius 1 is 1.50 bits per heavy atom. The highest BCUT2D eigenvalue weighted by molar-refractivity contribution is 7.99. The molecule has 2 heterocycles. The average molecular weight is 297 g/mol. The number of ether oxygens (including phenoxy) is 1. The van der Waals surface area contributed by atoms with Crippen LogP contribution in [0.1, 0.15) is 42.8 Å². The van der Waals surface area contributed by atoms with E-state index in [9.17, 15) is 0 Å². The standard InChI is InChI=1S/C15H27N3OS/c1-11(16-14-6-5-9-20-10-14)15-12(2)17-18(13(15)3)7-8-19-4/h11,14,16H,5-10H2,1-4H3/t11-,14-/m1/s1. The second-order valence-corrected chi connectivity index (χ2v) is 6.75. The summed E-state index contributed by atoms with van der Waals surface area (Å²) in [7, 11) is 1.73. The van der Waals surface area contributed by atoms with E-state index in [2.05, 4.69) is 47.6 Å². The molecule has 1 fully saturated rings. The predicted molar refractivity (Wildman–Crippen MR) is 85.5 cm³/mol. The van der Waals surface area contributed by atoms with Crippen molar-refractivity contribution in [2.45, 2.75) is 52.2 Å². The first-order valence-electron chi connectivity index (χ1n) is 7.50. The van der Waals surface area contributed by atoms with Crippen molar-refractivity contribution in [2.24, 2.45) is 0 Å². The summed E-state index contributed by atoms with van der Waals surface area (Å²) in [6.07, 6.45) is 2.63. The maximum absolute atomic E-state index is 5.15. The summed E-state index contributed by atoms with van der Waals surface area (Å²) in [6, 6.07) is 1.01. The minimum absolute atomic E-state index is 0.370. The number of aromatic nitrogens is 2. The van der Waals surface area contributed by atoms with Gasteiger partial charge >= 0.3 is 0 Å². The Balaban J connectivity index is 2.04. The molecule has 5 heteroatoms. The van der Waals surface area contributed by atoms with Gasteiger partial charge in [0.2, 0.25) is 0 Å². The molecule has 0 saturated carbocycles. The molecule has 0 radical (unpaired) electrons. The molecule has 0 aliphatic carbocycles. The van der Waals surface area contributed by atoms with Crippen molar-refractivity contribution in [1.29, 1.82) is 0 Å². The molecule has 0 amide bonds. The van der Waals surface area contributed by atoms with Gasteiger partial charge in [-0.1, -0.05) is 0 Å². The largest absolute Gasteiger partial charge is 0.383 e. The number of hydrogen-bond acceptors (Lipinski definition) is 4. The Labute approximate surface area is 126 Å². The Hall–Kier alpha value is -0.520. The van der Waals surface area contributed by atoms with Crippen LogP contribution in [0, 0.1) is 13.8 Å². The van der Waals surface area contributed by atoms with Gasteiger partial charge in [0, 0.05) is 36.2 Å². The molecule has 1 saturated heterocycles. The van der Waals surface area contributed by atoms with Crippen LogP contribution in [0.15, 0.2) is 0 Å². The maximum Gasteiger partial charge on any atom is 0.0658 e. The van der Waals surface area contributed by atoms with Crippen molar-refractivity contribution in [1.82, 2.24) is 15.1 Å². The normalized spacial score (nSPS) is 21.1. The zero-order chi connectivity index (χ0) is 14.5. The number of nitrogens with zero attached hydrogens (tertiary/aromatic N) is 2. The van der Waals surface area contributed by atoms with Crippen molar-refractivity contribution in [2.75, 3.05) is 25.2 Å². The van der Waals surface area contributed by atoms with E-state index >= 15 is 0 Å². The van der Waals surface area contributed by atoms with E-state index in [-0.39, 0.29) is 0 Å². The minimum Gasteiger partial charge on any atom is -0.383 e. The third kappa shape index (κ3) is 3.77. The minimum atomic E-state index is 0.370. The maximum atomic E-state index is 5.15. The monoisotopic (exact) mass is 297 g/mol. The molecule has 2 rings (SSSR count). The summed E-state index contributed by atoms with van der Waals surface area (Å²) in [6.45, 7) is 8.08. The smallest absolute Gasteiger partial charge is 0.0658 e. The lowest BCUT2D eigenvalue weighted by molar-refractivity contribution is 0.182. The number of thioether (sulfide) groups is 1. The highest BCUT2D eigenvalue weighted by Gasteiger charge is 2.21. The van der Waals surface area contributed by atoms with Crippen LogP contribution in [0.4, 0.5) is 0 Å². The van der Waals surface area contributed by atoms with E-state index in [0.717, 1.165) is 12.2 Å².